The summed E-state index contributed by atoms with van der Waals surface area (Å²) in [5, 5.41) is 14.2. The highest BCUT2D eigenvalue weighted by Crippen LogP contribution is 2.30. The molecule has 2 N–H and O–H groups in total. The van der Waals surface area contributed by atoms with Crippen LogP contribution in [0, 0.1) is 11.8 Å². The van der Waals surface area contributed by atoms with E-state index in [0.29, 0.717) is 19.4 Å². The van der Waals surface area contributed by atoms with E-state index in [2.05, 4.69) is 18.3 Å². The lowest BCUT2D eigenvalue weighted by Gasteiger charge is -2.27. The average Bonchev–Trinajstić information content (AvgIpc) is 2.92. The van der Waals surface area contributed by atoms with E-state index in [1.54, 1.807) is 11.3 Å². The molecule has 0 aromatic carbocycles. The van der Waals surface area contributed by atoms with Gasteiger partial charge in [-0.25, -0.2) is 0 Å². The molecule has 1 amide bonds. The van der Waals surface area contributed by atoms with E-state index in [1.807, 2.05) is 5.38 Å². The third kappa shape index (κ3) is 3.39. The minimum absolute atomic E-state index is 0.104. The zero-order valence-corrected chi connectivity index (χ0v) is 12.5. The molecule has 1 heterocycles. The van der Waals surface area contributed by atoms with Crippen molar-refractivity contribution in [1.29, 1.82) is 0 Å². The third-order valence-corrected chi connectivity index (χ3v) is 5.02. The molecule has 0 aliphatic heterocycles. The summed E-state index contributed by atoms with van der Waals surface area (Å²) in [5.74, 6) is -1.83. The van der Waals surface area contributed by atoms with Crippen molar-refractivity contribution < 1.29 is 14.7 Å². The highest BCUT2D eigenvalue weighted by Gasteiger charge is 2.35. The van der Waals surface area contributed by atoms with E-state index in [1.165, 1.54) is 10.4 Å². The number of thiophene rings is 1. The van der Waals surface area contributed by atoms with Gasteiger partial charge in [-0.1, -0.05) is 19.8 Å². The molecule has 1 aliphatic rings. The Balaban J connectivity index is 1.95. The smallest absolute Gasteiger partial charge is 0.307 e. The molecule has 0 spiro atoms. The Labute approximate surface area is 123 Å². The maximum Gasteiger partial charge on any atom is 0.307 e. The topological polar surface area (TPSA) is 66.4 Å². The lowest BCUT2D eigenvalue weighted by atomic mass is 9.79. The molecule has 110 valence electrons. The van der Waals surface area contributed by atoms with Gasteiger partial charge in [0.1, 0.15) is 0 Å². The number of amides is 1. The molecule has 1 saturated carbocycles. The minimum Gasteiger partial charge on any atom is -0.481 e. The van der Waals surface area contributed by atoms with Gasteiger partial charge in [-0.05, 0) is 36.3 Å². The largest absolute Gasteiger partial charge is 0.481 e. The number of carbonyl (C=O) groups excluding carboxylic acids is 1. The van der Waals surface area contributed by atoms with Gasteiger partial charge >= 0.3 is 5.97 Å². The van der Waals surface area contributed by atoms with Crippen LogP contribution in [0.2, 0.25) is 0 Å². The van der Waals surface area contributed by atoms with E-state index >= 15 is 0 Å². The molecule has 0 bridgehead atoms. The van der Waals surface area contributed by atoms with Crippen molar-refractivity contribution in [2.75, 3.05) is 0 Å². The summed E-state index contributed by atoms with van der Waals surface area (Å²) < 4.78 is 0. The molecule has 0 radical (unpaired) electrons. The van der Waals surface area contributed by atoms with Crippen LogP contribution in [-0.2, 0) is 22.6 Å². The minimum atomic E-state index is -0.838. The summed E-state index contributed by atoms with van der Waals surface area (Å²) in [6, 6.07) is 2.08. The normalized spacial score (nSPS) is 22.4. The number of carbonyl (C=O) groups is 2. The quantitative estimate of drug-likeness (QED) is 0.878. The molecular weight excluding hydrogens is 274 g/mol. The van der Waals surface area contributed by atoms with Gasteiger partial charge in [0.05, 0.1) is 18.4 Å². The first-order valence-electron chi connectivity index (χ1n) is 7.19. The van der Waals surface area contributed by atoms with Gasteiger partial charge in [0.25, 0.3) is 0 Å². The zero-order valence-electron chi connectivity index (χ0n) is 11.7. The van der Waals surface area contributed by atoms with Crippen LogP contribution in [0.1, 0.15) is 43.0 Å². The van der Waals surface area contributed by atoms with Crippen LogP contribution < -0.4 is 5.32 Å². The fraction of sp³-hybridized carbons (Fsp3) is 0.600. The third-order valence-electron chi connectivity index (χ3n) is 4.06. The van der Waals surface area contributed by atoms with Crippen molar-refractivity contribution in [3.8, 4) is 0 Å². The number of carboxylic acid groups (broad SMARTS) is 1. The number of nitrogens with one attached hydrogen (secondary N) is 1. The van der Waals surface area contributed by atoms with Crippen LogP contribution in [0.15, 0.2) is 11.4 Å². The molecule has 2 rings (SSSR count). The Hall–Kier alpha value is -1.36. The first-order valence-corrected chi connectivity index (χ1v) is 8.07. The van der Waals surface area contributed by atoms with E-state index in [0.717, 1.165) is 19.3 Å². The summed E-state index contributed by atoms with van der Waals surface area (Å²) in [5.41, 5.74) is 1.26. The fourth-order valence-corrected chi connectivity index (χ4v) is 3.79. The highest BCUT2D eigenvalue weighted by atomic mass is 32.1. The number of aryl methyl sites for hydroxylation is 1. The first-order chi connectivity index (χ1) is 9.63. The van der Waals surface area contributed by atoms with Crippen molar-refractivity contribution in [2.45, 2.75) is 45.6 Å². The molecule has 1 aliphatic carbocycles. The van der Waals surface area contributed by atoms with Crippen molar-refractivity contribution in [2.24, 2.45) is 11.8 Å². The average molecular weight is 295 g/mol. The molecule has 0 unspecified atom stereocenters. The Morgan fingerprint density at radius 2 is 2.05 bits per heavy atom. The molecule has 1 fully saturated rings. The van der Waals surface area contributed by atoms with E-state index in [-0.39, 0.29) is 11.8 Å². The molecule has 4 nitrogen and oxygen atoms in total. The second-order valence-corrected chi connectivity index (χ2v) is 6.28. The second kappa shape index (κ2) is 6.88. The van der Waals surface area contributed by atoms with Crippen LogP contribution in [0.25, 0.3) is 0 Å². The monoisotopic (exact) mass is 295 g/mol. The van der Waals surface area contributed by atoms with Crippen LogP contribution >= 0.6 is 11.3 Å². The predicted octanol–water partition coefficient (Wildman–Crippen LogP) is 2.82. The summed E-state index contributed by atoms with van der Waals surface area (Å²) in [7, 11) is 0. The van der Waals surface area contributed by atoms with Gasteiger partial charge in [0, 0.05) is 4.88 Å². The number of hydrogen-bond acceptors (Lipinski definition) is 3. The summed E-state index contributed by atoms with van der Waals surface area (Å²) in [6.07, 6.45) is 4.11. The Bertz CT molecular complexity index is 483. The van der Waals surface area contributed by atoms with Gasteiger partial charge in [0.15, 0.2) is 0 Å². The van der Waals surface area contributed by atoms with Crippen LogP contribution in [0.4, 0.5) is 0 Å². The molecule has 2 atom stereocenters. The standard InChI is InChI=1S/C15H21NO3S/c1-2-10-7-8-20-13(10)9-16-14(17)11-5-3-4-6-12(11)15(18)19/h7-8,11-12H,2-6,9H2,1H3,(H,16,17)(H,18,19)/t11-,12+/m1/s1. The van der Waals surface area contributed by atoms with Crippen molar-refractivity contribution in [1.82, 2.24) is 5.32 Å². The molecule has 5 heteroatoms. The fourth-order valence-electron chi connectivity index (χ4n) is 2.88. The van der Waals surface area contributed by atoms with E-state index in [9.17, 15) is 14.7 Å². The van der Waals surface area contributed by atoms with Gasteiger partial charge in [-0.2, -0.15) is 0 Å². The van der Waals surface area contributed by atoms with Gasteiger partial charge < -0.3 is 10.4 Å². The molecule has 1 aromatic heterocycles. The number of rotatable bonds is 5. The van der Waals surface area contributed by atoms with Crippen molar-refractivity contribution >= 4 is 23.2 Å². The second-order valence-electron chi connectivity index (χ2n) is 5.28. The Morgan fingerprint density at radius 1 is 1.35 bits per heavy atom. The molecular formula is C15H21NO3S. The number of carboxylic acids is 1. The van der Waals surface area contributed by atoms with E-state index in [4.69, 9.17) is 0 Å². The summed E-state index contributed by atoms with van der Waals surface area (Å²) in [6.45, 7) is 2.61. The lowest BCUT2D eigenvalue weighted by Crippen LogP contribution is -2.39. The molecule has 20 heavy (non-hydrogen) atoms. The Morgan fingerprint density at radius 3 is 2.70 bits per heavy atom. The maximum atomic E-state index is 12.2. The van der Waals surface area contributed by atoms with Crippen LogP contribution in [0.3, 0.4) is 0 Å². The number of aliphatic carboxylic acids is 1. The SMILES string of the molecule is CCc1ccsc1CNC(=O)[C@@H]1CCCC[C@@H]1C(=O)O. The predicted molar refractivity (Wildman–Crippen MR) is 78.6 cm³/mol. The number of hydrogen-bond donors (Lipinski definition) is 2. The van der Waals surface area contributed by atoms with Crippen molar-refractivity contribution in [3.05, 3.63) is 21.9 Å². The summed E-state index contributed by atoms with van der Waals surface area (Å²) in [4.78, 5) is 24.6. The lowest BCUT2D eigenvalue weighted by molar-refractivity contribution is -0.148. The molecule has 0 saturated heterocycles. The van der Waals surface area contributed by atoms with E-state index < -0.39 is 11.9 Å². The van der Waals surface area contributed by atoms with Gasteiger partial charge in [0.2, 0.25) is 5.91 Å². The van der Waals surface area contributed by atoms with Gasteiger partial charge in [-0.3, -0.25) is 9.59 Å². The zero-order chi connectivity index (χ0) is 14.5. The van der Waals surface area contributed by atoms with Crippen LogP contribution in [-0.4, -0.2) is 17.0 Å². The van der Waals surface area contributed by atoms with Crippen molar-refractivity contribution in [3.63, 3.8) is 0 Å². The van der Waals surface area contributed by atoms with Gasteiger partial charge in [-0.15, -0.1) is 11.3 Å². The highest BCUT2D eigenvalue weighted by molar-refractivity contribution is 7.10. The maximum absolute atomic E-state index is 12.2. The van der Waals surface area contributed by atoms with Crippen LogP contribution in [0.5, 0.6) is 0 Å². The first kappa shape index (κ1) is 15.0. The molecule has 1 aromatic rings. The Kier molecular flexibility index (Phi) is 5.17. The summed E-state index contributed by atoms with van der Waals surface area (Å²) >= 11 is 1.64.